The highest BCUT2D eigenvalue weighted by molar-refractivity contribution is 7.86. The fourth-order valence-corrected chi connectivity index (χ4v) is 2.60. The van der Waals surface area contributed by atoms with Crippen molar-refractivity contribution >= 4 is 10.1 Å². The lowest BCUT2D eigenvalue weighted by Gasteiger charge is -2.17. The summed E-state index contributed by atoms with van der Waals surface area (Å²) in [4.78, 5) is 0. The molecule has 0 amide bonds. The lowest BCUT2D eigenvalue weighted by Crippen LogP contribution is -2.22. The van der Waals surface area contributed by atoms with Crippen LogP contribution in [-0.2, 0) is 37.0 Å². The van der Waals surface area contributed by atoms with E-state index in [1.54, 1.807) is 0 Å². The second-order valence-corrected chi connectivity index (χ2v) is 6.95. The molecule has 0 radical (unpaired) electrons. The highest BCUT2D eigenvalue weighted by Gasteiger charge is 2.16. The monoisotopic (exact) mass is 350 g/mol. The minimum Gasteiger partial charge on any atom is -0.377 e. The summed E-state index contributed by atoms with van der Waals surface area (Å²) in [6.07, 6.45) is 0.472. The van der Waals surface area contributed by atoms with E-state index in [1.165, 1.54) is 0 Å². The summed E-state index contributed by atoms with van der Waals surface area (Å²) in [7, 11) is -3.60. The summed E-state index contributed by atoms with van der Waals surface area (Å²) >= 11 is 0. The van der Waals surface area contributed by atoms with Crippen molar-refractivity contribution in [2.45, 2.75) is 25.9 Å². The standard InChI is InChI=1S/C18H22O5S/c1-24(19,20)23-18(22-15-17-10-6-3-7-11-17)12-13-21-14-16-8-4-2-5-9-16/h2-11,18H,12-15H2,1H3. The molecule has 0 aliphatic carbocycles. The van der Waals surface area contributed by atoms with Gasteiger partial charge in [-0.3, -0.25) is 0 Å². The van der Waals surface area contributed by atoms with E-state index in [2.05, 4.69) is 0 Å². The van der Waals surface area contributed by atoms with Crippen LogP contribution in [0.1, 0.15) is 17.5 Å². The van der Waals surface area contributed by atoms with Crippen LogP contribution in [0.15, 0.2) is 60.7 Å². The van der Waals surface area contributed by atoms with Gasteiger partial charge in [-0.05, 0) is 11.1 Å². The van der Waals surface area contributed by atoms with E-state index in [0.29, 0.717) is 19.6 Å². The summed E-state index contributed by atoms with van der Waals surface area (Å²) in [6, 6.07) is 19.3. The maximum atomic E-state index is 11.4. The summed E-state index contributed by atoms with van der Waals surface area (Å²) in [5.41, 5.74) is 2.01. The van der Waals surface area contributed by atoms with Crippen molar-refractivity contribution in [2.24, 2.45) is 0 Å². The number of rotatable bonds is 10. The first kappa shape index (κ1) is 18.6. The Labute approximate surface area is 143 Å². The van der Waals surface area contributed by atoms with Crippen LogP contribution in [0, 0.1) is 0 Å². The zero-order chi connectivity index (χ0) is 17.3. The molecular weight excluding hydrogens is 328 g/mol. The van der Waals surface area contributed by atoms with Crippen LogP contribution >= 0.6 is 0 Å². The highest BCUT2D eigenvalue weighted by Crippen LogP contribution is 2.11. The maximum Gasteiger partial charge on any atom is 0.266 e. The largest absolute Gasteiger partial charge is 0.377 e. The highest BCUT2D eigenvalue weighted by atomic mass is 32.2. The Bertz CT molecular complexity index is 686. The molecule has 0 saturated carbocycles. The first-order valence-corrected chi connectivity index (χ1v) is 9.50. The summed E-state index contributed by atoms with van der Waals surface area (Å²) in [6.45, 7) is 1.08. The average molecular weight is 350 g/mol. The van der Waals surface area contributed by atoms with Gasteiger partial charge in [0.15, 0.2) is 6.29 Å². The van der Waals surface area contributed by atoms with E-state index in [9.17, 15) is 8.42 Å². The van der Waals surface area contributed by atoms with Crippen LogP contribution < -0.4 is 0 Å². The van der Waals surface area contributed by atoms with E-state index in [0.717, 1.165) is 17.4 Å². The van der Waals surface area contributed by atoms with Crippen LogP contribution in [-0.4, -0.2) is 27.6 Å². The molecule has 130 valence electrons. The number of hydrogen-bond donors (Lipinski definition) is 0. The fraction of sp³-hybridized carbons (Fsp3) is 0.333. The van der Waals surface area contributed by atoms with Gasteiger partial charge < -0.3 is 9.47 Å². The number of ether oxygens (including phenoxy) is 2. The van der Waals surface area contributed by atoms with Gasteiger partial charge in [0, 0.05) is 6.42 Å². The lowest BCUT2D eigenvalue weighted by molar-refractivity contribution is -0.100. The Morgan fingerprint density at radius 1 is 0.875 bits per heavy atom. The lowest BCUT2D eigenvalue weighted by atomic mass is 10.2. The van der Waals surface area contributed by atoms with Gasteiger partial charge in [0.1, 0.15) is 0 Å². The molecule has 0 N–H and O–H groups in total. The molecule has 2 aromatic rings. The molecule has 0 heterocycles. The van der Waals surface area contributed by atoms with Crippen LogP contribution in [0.2, 0.25) is 0 Å². The Morgan fingerprint density at radius 2 is 1.42 bits per heavy atom. The van der Waals surface area contributed by atoms with Crippen molar-refractivity contribution < 1.29 is 22.1 Å². The minimum absolute atomic E-state index is 0.277. The van der Waals surface area contributed by atoms with Crippen LogP contribution in [0.3, 0.4) is 0 Å². The Hall–Kier alpha value is -1.73. The SMILES string of the molecule is CS(=O)(=O)OC(CCOCc1ccccc1)OCc1ccccc1. The molecule has 0 fully saturated rings. The van der Waals surface area contributed by atoms with Gasteiger partial charge in [0.2, 0.25) is 0 Å². The van der Waals surface area contributed by atoms with Crippen molar-refractivity contribution in [1.82, 2.24) is 0 Å². The van der Waals surface area contributed by atoms with E-state index >= 15 is 0 Å². The molecule has 0 spiro atoms. The quantitative estimate of drug-likeness (QED) is 0.374. The molecule has 5 nitrogen and oxygen atoms in total. The van der Waals surface area contributed by atoms with Gasteiger partial charge in [0.25, 0.3) is 10.1 Å². The summed E-state index contributed by atoms with van der Waals surface area (Å²) in [5, 5.41) is 0. The van der Waals surface area contributed by atoms with Crippen molar-refractivity contribution in [2.75, 3.05) is 12.9 Å². The molecule has 0 aromatic heterocycles. The molecule has 24 heavy (non-hydrogen) atoms. The molecule has 0 bridgehead atoms. The minimum atomic E-state index is -3.60. The molecule has 1 unspecified atom stereocenters. The second kappa shape index (κ2) is 9.54. The van der Waals surface area contributed by atoms with Crippen LogP contribution in [0.5, 0.6) is 0 Å². The molecule has 2 rings (SSSR count). The number of hydrogen-bond acceptors (Lipinski definition) is 5. The van der Waals surface area contributed by atoms with E-state index in [4.69, 9.17) is 13.7 Å². The molecule has 0 aliphatic heterocycles. The summed E-state index contributed by atoms with van der Waals surface area (Å²) in [5.74, 6) is 0. The zero-order valence-electron chi connectivity index (χ0n) is 13.6. The Balaban J connectivity index is 1.79. The van der Waals surface area contributed by atoms with Gasteiger partial charge in [-0.1, -0.05) is 60.7 Å². The molecule has 6 heteroatoms. The molecule has 0 aliphatic rings. The second-order valence-electron chi connectivity index (χ2n) is 5.35. The van der Waals surface area contributed by atoms with Crippen molar-refractivity contribution in [3.8, 4) is 0 Å². The van der Waals surface area contributed by atoms with Crippen molar-refractivity contribution in [1.29, 1.82) is 0 Å². The van der Waals surface area contributed by atoms with Crippen LogP contribution in [0.4, 0.5) is 0 Å². The Morgan fingerprint density at radius 3 is 1.96 bits per heavy atom. The fourth-order valence-electron chi connectivity index (χ4n) is 2.06. The zero-order valence-corrected chi connectivity index (χ0v) is 14.4. The maximum absolute atomic E-state index is 11.4. The van der Waals surface area contributed by atoms with E-state index in [-0.39, 0.29) is 6.61 Å². The normalized spacial score (nSPS) is 12.9. The van der Waals surface area contributed by atoms with Crippen LogP contribution in [0.25, 0.3) is 0 Å². The van der Waals surface area contributed by atoms with E-state index in [1.807, 2.05) is 60.7 Å². The molecule has 2 aromatic carbocycles. The average Bonchev–Trinajstić information content (AvgIpc) is 2.57. The first-order chi connectivity index (χ1) is 11.5. The Kier molecular flexibility index (Phi) is 7.39. The predicted octanol–water partition coefficient (Wildman–Crippen LogP) is 3.11. The third-order valence-electron chi connectivity index (χ3n) is 3.17. The third kappa shape index (κ3) is 7.70. The van der Waals surface area contributed by atoms with Gasteiger partial charge in [-0.25, -0.2) is 4.18 Å². The molecule has 1 atom stereocenters. The molecular formula is C18H22O5S. The van der Waals surface area contributed by atoms with Crippen molar-refractivity contribution in [3.63, 3.8) is 0 Å². The van der Waals surface area contributed by atoms with Gasteiger partial charge in [-0.15, -0.1) is 0 Å². The summed E-state index contributed by atoms with van der Waals surface area (Å²) < 4.78 is 38.8. The first-order valence-electron chi connectivity index (χ1n) is 7.68. The van der Waals surface area contributed by atoms with Crippen molar-refractivity contribution in [3.05, 3.63) is 71.8 Å². The van der Waals surface area contributed by atoms with Gasteiger partial charge in [-0.2, -0.15) is 8.42 Å². The predicted molar refractivity (Wildman–Crippen MR) is 91.7 cm³/mol. The molecule has 0 saturated heterocycles. The van der Waals surface area contributed by atoms with Gasteiger partial charge >= 0.3 is 0 Å². The topological polar surface area (TPSA) is 61.8 Å². The van der Waals surface area contributed by atoms with Gasteiger partial charge in [0.05, 0.1) is 26.1 Å². The van der Waals surface area contributed by atoms with E-state index < -0.39 is 16.4 Å². The number of benzene rings is 2. The third-order valence-corrected chi connectivity index (χ3v) is 3.73. The smallest absolute Gasteiger partial charge is 0.266 e.